The van der Waals surface area contributed by atoms with Gasteiger partial charge in [0.25, 0.3) is 0 Å². The first-order chi connectivity index (χ1) is 16.4. The second kappa shape index (κ2) is 12.1. The molecule has 0 aliphatic carbocycles. The molecule has 34 heavy (non-hydrogen) atoms. The molecule has 0 aliphatic rings. The van der Waals surface area contributed by atoms with E-state index in [0.29, 0.717) is 5.56 Å². The Bertz CT molecular complexity index is 1220. The van der Waals surface area contributed by atoms with Crippen LogP contribution in [0.1, 0.15) is 27.6 Å². The highest BCUT2D eigenvalue weighted by Crippen LogP contribution is 2.20. The Balaban J connectivity index is 0.000000196. The van der Waals surface area contributed by atoms with Gasteiger partial charge in [0.1, 0.15) is 0 Å². The van der Waals surface area contributed by atoms with E-state index in [1.165, 1.54) is 5.56 Å². The van der Waals surface area contributed by atoms with Crippen LogP contribution in [-0.2, 0) is 0 Å². The standard InChI is InChI=1S/C17H17NO.C14H12O/c1-18(2)13-12-17(19)16-10-8-15(9-11-16)14-6-4-3-5-7-14;1-11(15)12-7-9-14(10-8-12)13-5-3-2-4-6-13/h3-13H,1-2H3;2-10H,1H3. The zero-order valence-electron chi connectivity index (χ0n) is 19.8. The second-order valence-corrected chi connectivity index (χ2v) is 8.09. The average molecular weight is 448 g/mol. The van der Waals surface area contributed by atoms with Crippen molar-refractivity contribution in [3.8, 4) is 22.3 Å². The molecule has 0 spiro atoms. The number of benzene rings is 4. The van der Waals surface area contributed by atoms with Crippen LogP contribution in [0.4, 0.5) is 0 Å². The van der Waals surface area contributed by atoms with Gasteiger partial charge in [0.2, 0.25) is 0 Å². The fraction of sp³-hybridized carbons (Fsp3) is 0.0968. The van der Waals surface area contributed by atoms with Gasteiger partial charge in [-0.2, -0.15) is 0 Å². The zero-order chi connectivity index (χ0) is 24.3. The predicted molar refractivity (Wildman–Crippen MR) is 141 cm³/mol. The van der Waals surface area contributed by atoms with Crippen molar-refractivity contribution in [2.24, 2.45) is 0 Å². The number of nitrogens with zero attached hydrogens (tertiary/aromatic N) is 1. The normalized spacial score (nSPS) is 10.3. The van der Waals surface area contributed by atoms with Crippen LogP contribution in [0, 0.1) is 0 Å². The van der Waals surface area contributed by atoms with Crippen LogP contribution in [0.3, 0.4) is 0 Å². The van der Waals surface area contributed by atoms with Crippen LogP contribution < -0.4 is 0 Å². The van der Waals surface area contributed by atoms with Crippen molar-refractivity contribution in [1.29, 1.82) is 0 Å². The number of carbonyl (C=O) groups is 2. The van der Waals surface area contributed by atoms with Gasteiger partial charge in [-0.15, -0.1) is 0 Å². The molecule has 0 amide bonds. The molecular formula is C31H29NO2. The SMILES string of the molecule is CC(=O)c1ccc(-c2ccccc2)cc1.CN(C)C=CC(=O)c1ccc(-c2ccccc2)cc1. The summed E-state index contributed by atoms with van der Waals surface area (Å²) in [5, 5.41) is 0. The number of carbonyl (C=O) groups excluding carboxylic acids is 2. The number of Topliss-reactive ketones (excluding diaryl/α,β-unsaturated/α-hetero) is 1. The first-order valence-electron chi connectivity index (χ1n) is 11.1. The van der Waals surface area contributed by atoms with Crippen molar-refractivity contribution >= 4 is 11.6 Å². The van der Waals surface area contributed by atoms with Crippen molar-refractivity contribution < 1.29 is 9.59 Å². The van der Waals surface area contributed by atoms with Crippen molar-refractivity contribution in [2.75, 3.05) is 14.1 Å². The maximum absolute atomic E-state index is 11.9. The lowest BCUT2D eigenvalue weighted by Gasteiger charge is -2.04. The lowest BCUT2D eigenvalue weighted by atomic mass is 10.0. The molecule has 4 rings (SSSR count). The van der Waals surface area contributed by atoms with E-state index in [9.17, 15) is 9.59 Å². The van der Waals surface area contributed by atoms with E-state index < -0.39 is 0 Å². The van der Waals surface area contributed by atoms with Gasteiger partial charge >= 0.3 is 0 Å². The first-order valence-corrected chi connectivity index (χ1v) is 11.1. The van der Waals surface area contributed by atoms with E-state index >= 15 is 0 Å². The maximum atomic E-state index is 11.9. The molecule has 0 N–H and O–H groups in total. The molecule has 0 aromatic heterocycles. The molecule has 0 atom stereocenters. The topological polar surface area (TPSA) is 37.4 Å². The summed E-state index contributed by atoms with van der Waals surface area (Å²) in [4.78, 5) is 24.8. The van der Waals surface area contributed by atoms with Gasteiger partial charge in [0.15, 0.2) is 11.6 Å². The number of rotatable bonds is 6. The van der Waals surface area contributed by atoms with E-state index in [0.717, 1.165) is 22.3 Å². The third kappa shape index (κ3) is 7.14. The molecule has 3 heteroatoms. The lowest BCUT2D eigenvalue weighted by molar-refractivity contribution is 0.101. The summed E-state index contributed by atoms with van der Waals surface area (Å²) in [7, 11) is 3.78. The molecule has 170 valence electrons. The van der Waals surface area contributed by atoms with Gasteiger partial charge in [-0.1, -0.05) is 109 Å². The van der Waals surface area contributed by atoms with Gasteiger partial charge in [0, 0.05) is 37.5 Å². The molecule has 0 saturated carbocycles. The second-order valence-electron chi connectivity index (χ2n) is 8.09. The highest BCUT2D eigenvalue weighted by Gasteiger charge is 2.03. The van der Waals surface area contributed by atoms with Crippen LogP contribution in [0.2, 0.25) is 0 Å². The van der Waals surface area contributed by atoms with Crippen LogP contribution in [0.5, 0.6) is 0 Å². The van der Waals surface area contributed by atoms with Gasteiger partial charge in [-0.05, 0) is 29.2 Å². The van der Waals surface area contributed by atoms with Crippen molar-refractivity contribution in [2.45, 2.75) is 6.92 Å². The van der Waals surface area contributed by atoms with E-state index in [1.54, 1.807) is 19.2 Å². The van der Waals surface area contributed by atoms with Crippen molar-refractivity contribution in [3.63, 3.8) is 0 Å². The fourth-order valence-electron chi connectivity index (χ4n) is 3.30. The molecule has 0 radical (unpaired) electrons. The third-order valence-electron chi connectivity index (χ3n) is 5.20. The largest absolute Gasteiger partial charge is 0.383 e. The van der Waals surface area contributed by atoms with Gasteiger partial charge in [0.05, 0.1) is 0 Å². The van der Waals surface area contributed by atoms with E-state index in [2.05, 4.69) is 24.3 Å². The molecule has 0 saturated heterocycles. The summed E-state index contributed by atoms with van der Waals surface area (Å²) in [5.41, 5.74) is 6.06. The Kier molecular flexibility index (Phi) is 8.70. The van der Waals surface area contributed by atoms with E-state index in [4.69, 9.17) is 0 Å². The van der Waals surface area contributed by atoms with Crippen molar-refractivity contribution in [1.82, 2.24) is 4.90 Å². The molecule has 4 aromatic rings. The van der Waals surface area contributed by atoms with Gasteiger partial charge < -0.3 is 4.90 Å². The van der Waals surface area contributed by atoms with Crippen LogP contribution in [0.15, 0.2) is 121 Å². The van der Waals surface area contributed by atoms with Crippen LogP contribution in [-0.4, -0.2) is 30.6 Å². The molecule has 0 heterocycles. The number of hydrogen-bond acceptors (Lipinski definition) is 3. The van der Waals surface area contributed by atoms with Crippen LogP contribution >= 0.6 is 0 Å². The summed E-state index contributed by atoms with van der Waals surface area (Å²) in [6.45, 7) is 1.58. The van der Waals surface area contributed by atoms with E-state index in [1.807, 2.05) is 104 Å². The Hall–Kier alpha value is -4.24. The Morgan fingerprint density at radius 3 is 1.32 bits per heavy atom. The minimum Gasteiger partial charge on any atom is -0.383 e. The zero-order valence-corrected chi connectivity index (χ0v) is 19.8. The van der Waals surface area contributed by atoms with E-state index in [-0.39, 0.29) is 11.6 Å². The van der Waals surface area contributed by atoms with Crippen LogP contribution in [0.25, 0.3) is 22.3 Å². The number of ketones is 2. The molecule has 0 fully saturated rings. The summed E-state index contributed by atoms with van der Waals surface area (Å²) in [5.74, 6) is 0.128. The smallest absolute Gasteiger partial charge is 0.187 e. The minimum absolute atomic E-state index is 0.0216. The molecule has 0 aliphatic heterocycles. The predicted octanol–water partition coefficient (Wildman–Crippen LogP) is 7.17. The quantitative estimate of drug-likeness (QED) is 0.232. The molecule has 0 unspecified atom stereocenters. The fourth-order valence-corrected chi connectivity index (χ4v) is 3.30. The molecule has 4 aromatic carbocycles. The Labute approximate surface area is 202 Å². The summed E-state index contributed by atoms with van der Waals surface area (Å²) in [6, 6.07) is 35.6. The van der Waals surface area contributed by atoms with Gasteiger partial charge in [-0.25, -0.2) is 0 Å². The Morgan fingerprint density at radius 1 is 0.559 bits per heavy atom. The first kappa shape index (κ1) is 24.4. The molecule has 0 bridgehead atoms. The highest BCUT2D eigenvalue weighted by molar-refractivity contribution is 6.04. The summed E-state index contributed by atoms with van der Waals surface area (Å²) >= 11 is 0. The highest BCUT2D eigenvalue weighted by atomic mass is 16.1. The minimum atomic E-state index is 0.0216. The third-order valence-corrected chi connectivity index (χ3v) is 5.20. The maximum Gasteiger partial charge on any atom is 0.187 e. The monoisotopic (exact) mass is 447 g/mol. The summed E-state index contributed by atoms with van der Waals surface area (Å²) < 4.78 is 0. The number of hydrogen-bond donors (Lipinski definition) is 0. The van der Waals surface area contributed by atoms with Crippen molar-refractivity contribution in [3.05, 3.63) is 133 Å². The van der Waals surface area contributed by atoms with Gasteiger partial charge in [-0.3, -0.25) is 9.59 Å². The Morgan fingerprint density at radius 2 is 0.941 bits per heavy atom. The molecule has 3 nitrogen and oxygen atoms in total. The number of allylic oxidation sites excluding steroid dienone is 1. The average Bonchev–Trinajstić information content (AvgIpc) is 2.89. The molecular weight excluding hydrogens is 418 g/mol. The summed E-state index contributed by atoms with van der Waals surface area (Å²) in [6.07, 6.45) is 3.34. The lowest BCUT2D eigenvalue weighted by Crippen LogP contribution is -2.03.